The number of oxazole rings is 1. The Hall–Kier alpha value is -1.59. The summed E-state index contributed by atoms with van der Waals surface area (Å²) in [5.41, 5.74) is 3.00. The summed E-state index contributed by atoms with van der Waals surface area (Å²) in [5, 5.41) is 8.64. The fourth-order valence-electron chi connectivity index (χ4n) is 2.43. The number of rotatable bonds is 9. The van der Waals surface area contributed by atoms with Crippen LogP contribution in [-0.4, -0.2) is 34.8 Å². The summed E-state index contributed by atoms with van der Waals surface area (Å²) in [4.78, 5) is 13.4. The number of aryl methyl sites for hydroxylation is 1. The predicted octanol–water partition coefficient (Wildman–Crippen LogP) is 4.96. The number of benzene rings is 1. The zero-order valence-corrected chi connectivity index (χ0v) is 20.5. The van der Waals surface area contributed by atoms with Crippen LogP contribution >= 0.6 is 47.1 Å². The number of aromatic nitrogens is 2. The molecule has 0 spiro atoms. The molecule has 0 aliphatic carbocycles. The van der Waals surface area contributed by atoms with Crippen LogP contribution in [0.3, 0.4) is 0 Å². The molecular weight excluding hydrogens is 517 g/mol. The number of halogens is 1. The highest BCUT2D eigenvalue weighted by Crippen LogP contribution is 2.20. The Morgan fingerprint density at radius 1 is 1.24 bits per heavy atom. The van der Waals surface area contributed by atoms with E-state index in [4.69, 9.17) is 4.42 Å². The van der Waals surface area contributed by atoms with Gasteiger partial charge in [-0.3, -0.25) is 0 Å². The Morgan fingerprint density at radius 2 is 2.07 bits per heavy atom. The molecule has 0 fully saturated rings. The Bertz CT molecular complexity index is 865. The molecule has 0 bridgehead atoms. The van der Waals surface area contributed by atoms with E-state index in [1.54, 1.807) is 29.4 Å². The van der Waals surface area contributed by atoms with Crippen molar-refractivity contribution in [2.24, 2.45) is 4.99 Å². The first-order valence-electron chi connectivity index (χ1n) is 9.30. The van der Waals surface area contributed by atoms with Gasteiger partial charge in [-0.15, -0.1) is 35.3 Å². The fraction of sp³-hybridized carbons (Fsp3) is 0.350. The van der Waals surface area contributed by atoms with Crippen LogP contribution in [0.2, 0.25) is 0 Å². The van der Waals surface area contributed by atoms with E-state index in [0.717, 1.165) is 46.8 Å². The summed E-state index contributed by atoms with van der Waals surface area (Å²) in [6.45, 7) is 6.26. The Balaban J connectivity index is 0.00000300. The smallest absolute Gasteiger partial charge is 0.226 e. The van der Waals surface area contributed by atoms with Crippen LogP contribution in [0.1, 0.15) is 24.6 Å². The van der Waals surface area contributed by atoms with E-state index in [9.17, 15) is 0 Å². The van der Waals surface area contributed by atoms with Crippen LogP contribution in [-0.2, 0) is 6.54 Å². The molecule has 0 atom stereocenters. The third-order valence-electron chi connectivity index (χ3n) is 3.84. The van der Waals surface area contributed by atoms with E-state index in [2.05, 4.69) is 51.6 Å². The number of thioether (sulfide) groups is 1. The molecule has 0 aliphatic rings. The van der Waals surface area contributed by atoms with Gasteiger partial charge in [-0.1, -0.05) is 29.5 Å². The lowest BCUT2D eigenvalue weighted by atomic mass is 10.1. The summed E-state index contributed by atoms with van der Waals surface area (Å²) in [6, 6.07) is 8.14. The van der Waals surface area contributed by atoms with Gasteiger partial charge < -0.3 is 15.1 Å². The van der Waals surface area contributed by atoms with Crippen molar-refractivity contribution >= 4 is 53.0 Å². The number of hydrogen-bond donors (Lipinski definition) is 2. The highest BCUT2D eigenvalue weighted by molar-refractivity contribution is 14.0. The number of thiazole rings is 1. The summed E-state index contributed by atoms with van der Waals surface area (Å²) in [6.07, 6.45) is 4.55. The minimum atomic E-state index is 0. The molecule has 0 unspecified atom stereocenters. The largest absolute Gasteiger partial charge is 0.444 e. The summed E-state index contributed by atoms with van der Waals surface area (Å²) in [7, 11) is 0. The number of guanidine groups is 1. The van der Waals surface area contributed by atoms with Gasteiger partial charge in [-0.25, -0.2) is 15.0 Å². The van der Waals surface area contributed by atoms with Crippen molar-refractivity contribution in [3.05, 3.63) is 53.4 Å². The normalized spacial score (nSPS) is 11.2. The quantitative estimate of drug-likeness (QED) is 0.131. The second-order valence-corrected chi connectivity index (χ2v) is 8.37. The second-order valence-electron chi connectivity index (χ2n) is 6.13. The Kier molecular flexibility index (Phi) is 10.5. The second kappa shape index (κ2) is 12.9. The fourth-order valence-corrected chi connectivity index (χ4v) is 4.08. The molecule has 0 saturated heterocycles. The number of hydrogen-bond acceptors (Lipinski definition) is 6. The van der Waals surface area contributed by atoms with Crippen molar-refractivity contribution in [1.82, 2.24) is 20.6 Å². The molecule has 6 nitrogen and oxygen atoms in total. The van der Waals surface area contributed by atoms with Gasteiger partial charge in [0.25, 0.3) is 0 Å². The van der Waals surface area contributed by atoms with E-state index in [1.807, 2.05) is 23.7 Å². The number of aliphatic imine (C=N–C) groups is 1. The Morgan fingerprint density at radius 3 is 2.79 bits per heavy atom. The van der Waals surface area contributed by atoms with Crippen LogP contribution in [0, 0.1) is 6.92 Å². The highest BCUT2D eigenvalue weighted by Gasteiger charge is 2.07. The first-order chi connectivity index (χ1) is 13.7. The zero-order valence-electron chi connectivity index (χ0n) is 16.6. The molecule has 29 heavy (non-hydrogen) atoms. The van der Waals surface area contributed by atoms with Crippen LogP contribution in [0.5, 0.6) is 0 Å². The molecule has 2 aromatic heterocycles. The van der Waals surface area contributed by atoms with Crippen LogP contribution in [0.4, 0.5) is 0 Å². The molecular formula is C20H26IN5OS2. The lowest BCUT2D eigenvalue weighted by Crippen LogP contribution is -2.37. The molecule has 2 N–H and O–H groups in total. The summed E-state index contributed by atoms with van der Waals surface area (Å²) in [5.74, 6) is 2.45. The van der Waals surface area contributed by atoms with Gasteiger partial charge in [-0.05, 0) is 32.4 Å². The minimum Gasteiger partial charge on any atom is -0.444 e. The van der Waals surface area contributed by atoms with Crippen molar-refractivity contribution in [1.29, 1.82) is 0 Å². The van der Waals surface area contributed by atoms with E-state index in [-0.39, 0.29) is 24.0 Å². The predicted molar refractivity (Wildman–Crippen MR) is 132 cm³/mol. The van der Waals surface area contributed by atoms with Gasteiger partial charge in [0, 0.05) is 36.0 Å². The van der Waals surface area contributed by atoms with Crippen molar-refractivity contribution in [3.63, 3.8) is 0 Å². The van der Waals surface area contributed by atoms with Crippen molar-refractivity contribution < 1.29 is 4.42 Å². The first-order valence-corrected chi connectivity index (χ1v) is 11.2. The molecule has 156 valence electrons. The maximum Gasteiger partial charge on any atom is 0.226 e. The van der Waals surface area contributed by atoms with Crippen LogP contribution in [0.15, 0.2) is 55.9 Å². The molecule has 0 amide bonds. The Labute approximate surface area is 197 Å². The molecule has 0 saturated carbocycles. The van der Waals surface area contributed by atoms with E-state index in [1.165, 1.54) is 5.56 Å². The van der Waals surface area contributed by atoms with Gasteiger partial charge in [-0.2, -0.15) is 0 Å². The number of nitrogens with one attached hydrogen (secondary N) is 2. The maximum absolute atomic E-state index is 5.60. The molecule has 3 rings (SSSR count). The van der Waals surface area contributed by atoms with Crippen molar-refractivity contribution in [3.8, 4) is 11.5 Å². The van der Waals surface area contributed by atoms with Gasteiger partial charge >= 0.3 is 0 Å². The van der Waals surface area contributed by atoms with Gasteiger partial charge in [0.1, 0.15) is 16.3 Å². The topological polar surface area (TPSA) is 75.3 Å². The van der Waals surface area contributed by atoms with E-state index >= 15 is 0 Å². The summed E-state index contributed by atoms with van der Waals surface area (Å²) < 4.78 is 6.72. The van der Waals surface area contributed by atoms with Gasteiger partial charge in [0.05, 0.1) is 6.54 Å². The van der Waals surface area contributed by atoms with Crippen molar-refractivity contribution in [2.75, 3.05) is 18.8 Å². The van der Waals surface area contributed by atoms with Gasteiger partial charge in [0.2, 0.25) is 5.89 Å². The lowest BCUT2D eigenvalue weighted by molar-refractivity contribution is 0.572. The van der Waals surface area contributed by atoms with E-state index in [0.29, 0.717) is 12.4 Å². The average Bonchev–Trinajstić information content (AvgIpc) is 3.38. The molecule has 0 aliphatic heterocycles. The highest BCUT2D eigenvalue weighted by atomic mass is 127. The van der Waals surface area contributed by atoms with Crippen LogP contribution in [0.25, 0.3) is 11.5 Å². The first kappa shape index (κ1) is 23.7. The minimum absolute atomic E-state index is 0. The molecule has 2 heterocycles. The van der Waals surface area contributed by atoms with Gasteiger partial charge in [0.15, 0.2) is 5.96 Å². The molecule has 1 aromatic carbocycles. The van der Waals surface area contributed by atoms with Crippen molar-refractivity contribution in [2.45, 2.75) is 31.2 Å². The SMILES string of the molecule is CCNC(=NCc1coc(-c2ccc(C)cc2)n1)NCCCSc1nccs1.I. The standard InChI is InChI=1S/C20H25N5OS2.HI/c1-3-21-19(22-9-4-11-27-20-23-10-12-28-20)24-13-17-14-26-18(25-17)16-7-5-15(2)6-8-16;/h5-8,10,12,14H,3-4,9,11,13H2,1-2H3,(H2,21,22,24);1H. The molecule has 9 heteroatoms. The maximum atomic E-state index is 5.60. The van der Waals surface area contributed by atoms with Crippen LogP contribution < -0.4 is 10.6 Å². The third-order valence-corrected chi connectivity index (χ3v) is 5.89. The summed E-state index contributed by atoms with van der Waals surface area (Å²) >= 11 is 3.47. The average molecular weight is 544 g/mol. The molecule has 3 aromatic rings. The third kappa shape index (κ3) is 7.98. The zero-order chi connectivity index (χ0) is 19.6. The molecule has 0 radical (unpaired) electrons. The number of nitrogens with zero attached hydrogens (tertiary/aromatic N) is 3. The van der Waals surface area contributed by atoms with E-state index < -0.39 is 0 Å². The lowest BCUT2D eigenvalue weighted by Gasteiger charge is -2.10. The monoisotopic (exact) mass is 543 g/mol.